The van der Waals surface area contributed by atoms with E-state index in [1.165, 1.54) is 0 Å². The Hall–Kier alpha value is -2.86. The average Bonchev–Trinajstić information content (AvgIpc) is 3.36. The van der Waals surface area contributed by atoms with Crippen LogP contribution in [-0.2, 0) is 19.7 Å². The molecule has 2 amide bonds. The maximum atomic E-state index is 13.7. The predicted octanol–water partition coefficient (Wildman–Crippen LogP) is 3.29. The molecule has 6 nitrogen and oxygen atoms in total. The van der Waals surface area contributed by atoms with Gasteiger partial charge in [-0.1, -0.05) is 30.3 Å². The summed E-state index contributed by atoms with van der Waals surface area (Å²) in [7, 11) is 3.26. The third-order valence-electron chi connectivity index (χ3n) is 6.98. The first-order valence-electron chi connectivity index (χ1n) is 10.4. The maximum Gasteiger partial charge on any atom is 0.237 e. The molecule has 0 aromatic heterocycles. The van der Waals surface area contributed by atoms with E-state index in [2.05, 4.69) is 5.32 Å². The minimum atomic E-state index is -0.804. The molecule has 2 atom stereocenters. The third-order valence-corrected chi connectivity index (χ3v) is 6.98. The van der Waals surface area contributed by atoms with Gasteiger partial charge in [-0.25, -0.2) is 0 Å². The molecule has 2 aliphatic heterocycles. The van der Waals surface area contributed by atoms with Crippen LogP contribution in [-0.4, -0.2) is 44.1 Å². The summed E-state index contributed by atoms with van der Waals surface area (Å²) in [6.45, 7) is 0.955. The van der Waals surface area contributed by atoms with Crippen molar-refractivity contribution in [2.24, 2.45) is 5.41 Å². The number of rotatable bonds is 5. The van der Waals surface area contributed by atoms with Gasteiger partial charge in [0.25, 0.3) is 0 Å². The second-order valence-electron chi connectivity index (χ2n) is 8.61. The van der Waals surface area contributed by atoms with Gasteiger partial charge >= 0.3 is 0 Å². The number of hydrogen-bond donors (Lipinski definition) is 1. The number of anilines is 1. The van der Waals surface area contributed by atoms with Crippen LogP contribution in [0.5, 0.6) is 5.75 Å². The molecule has 2 aromatic rings. The topological polar surface area (TPSA) is 67.9 Å². The van der Waals surface area contributed by atoms with Crippen LogP contribution in [0.3, 0.4) is 0 Å². The fourth-order valence-corrected chi connectivity index (χ4v) is 5.33. The van der Waals surface area contributed by atoms with Crippen molar-refractivity contribution >= 4 is 17.5 Å². The minimum absolute atomic E-state index is 0.0385. The molecule has 0 unspecified atom stereocenters. The Morgan fingerprint density at radius 2 is 1.93 bits per heavy atom. The van der Waals surface area contributed by atoms with Crippen LogP contribution in [0.15, 0.2) is 48.5 Å². The van der Waals surface area contributed by atoms with Crippen LogP contribution >= 0.6 is 0 Å². The summed E-state index contributed by atoms with van der Waals surface area (Å²) >= 11 is 0. The molecule has 0 bridgehead atoms. The van der Waals surface area contributed by atoms with Gasteiger partial charge in [0.15, 0.2) is 0 Å². The summed E-state index contributed by atoms with van der Waals surface area (Å²) in [6.07, 6.45) is 2.25. The lowest BCUT2D eigenvalue weighted by atomic mass is 9.72. The van der Waals surface area contributed by atoms with Gasteiger partial charge < -0.3 is 19.7 Å². The number of fused-ring (bicyclic) bond motifs is 2. The van der Waals surface area contributed by atoms with Crippen LogP contribution in [0.25, 0.3) is 0 Å². The van der Waals surface area contributed by atoms with E-state index in [-0.39, 0.29) is 11.8 Å². The van der Waals surface area contributed by atoms with Crippen molar-refractivity contribution in [3.05, 3.63) is 59.7 Å². The summed E-state index contributed by atoms with van der Waals surface area (Å²) in [4.78, 5) is 29.1. The third kappa shape index (κ3) is 2.59. The minimum Gasteiger partial charge on any atom is -0.497 e. The van der Waals surface area contributed by atoms with E-state index in [0.29, 0.717) is 25.3 Å². The van der Waals surface area contributed by atoms with E-state index in [1.54, 1.807) is 14.2 Å². The molecule has 2 fully saturated rings. The number of hydrogen-bond acceptors (Lipinski definition) is 4. The van der Waals surface area contributed by atoms with Crippen molar-refractivity contribution in [1.29, 1.82) is 0 Å². The van der Waals surface area contributed by atoms with Crippen molar-refractivity contribution in [3.63, 3.8) is 0 Å². The number of carbonyl (C=O) groups is 2. The van der Waals surface area contributed by atoms with Gasteiger partial charge in [0.05, 0.1) is 25.2 Å². The Bertz CT molecular complexity index is 1020. The molecule has 156 valence electrons. The first-order chi connectivity index (χ1) is 14.6. The van der Waals surface area contributed by atoms with E-state index in [4.69, 9.17) is 9.47 Å². The van der Waals surface area contributed by atoms with E-state index in [9.17, 15) is 9.59 Å². The lowest BCUT2D eigenvalue weighted by molar-refractivity contribution is -0.141. The molecular weight excluding hydrogens is 380 g/mol. The van der Waals surface area contributed by atoms with Crippen molar-refractivity contribution in [2.75, 3.05) is 32.7 Å². The number of ether oxygens (including phenoxy) is 2. The first kappa shape index (κ1) is 19.1. The zero-order chi connectivity index (χ0) is 20.9. The standard InChI is InChI=1S/C24H26N2O4/c1-29-15-23(10-11-23)22(28)26-13-12-24(18-8-3-4-9-19(18)25-21(24)27)20(26)16-6-5-7-17(14-16)30-2/h3-9,14,20H,10-13,15H2,1-2H3,(H,25,27)/t20-,24+/m0/s1. The largest absolute Gasteiger partial charge is 0.497 e. The number of methoxy groups -OCH3 is 2. The summed E-state index contributed by atoms with van der Waals surface area (Å²) < 4.78 is 10.8. The number of carbonyl (C=O) groups excluding carboxylic acids is 2. The number of amides is 2. The van der Waals surface area contributed by atoms with Crippen LogP contribution in [0.1, 0.15) is 36.4 Å². The van der Waals surface area contributed by atoms with Gasteiger partial charge in [0.2, 0.25) is 11.8 Å². The number of nitrogens with one attached hydrogen (secondary N) is 1. The summed E-state index contributed by atoms with van der Waals surface area (Å²) in [6, 6.07) is 15.2. The molecule has 1 N–H and O–H groups in total. The van der Waals surface area contributed by atoms with Crippen molar-refractivity contribution in [3.8, 4) is 5.75 Å². The molecule has 2 aromatic carbocycles. The van der Waals surface area contributed by atoms with Crippen molar-refractivity contribution in [2.45, 2.75) is 30.7 Å². The van der Waals surface area contributed by atoms with Gasteiger partial charge in [0.1, 0.15) is 11.2 Å². The fraction of sp³-hybridized carbons (Fsp3) is 0.417. The van der Waals surface area contributed by atoms with Gasteiger partial charge in [-0.05, 0) is 48.6 Å². The molecule has 3 aliphatic rings. The van der Waals surface area contributed by atoms with Crippen molar-refractivity contribution in [1.82, 2.24) is 4.90 Å². The highest BCUT2D eigenvalue weighted by Crippen LogP contribution is 2.57. The highest BCUT2D eigenvalue weighted by molar-refractivity contribution is 6.08. The molecule has 30 heavy (non-hydrogen) atoms. The van der Waals surface area contributed by atoms with E-state index in [0.717, 1.165) is 29.7 Å². The quantitative estimate of drug-likeness (QED) is 0.828. The van der Waals surface area contributed by atoms with Gasteiger partial charge in [-0.3, -0.25) is 9.59 Å². The van der Waals surface area contributed by atoms with Crippen LogP contribution < -0.4 is 10.1 Å². The molecule has 1 spiro atoms. The van der Waals surface area contributed by atoms with E-state index >= 15 is 0 Å². The normalized spacial score (nSPS) is 25.9. The van der Waals surface area contributed by atoms with Crippen molar-refractivity contribution < 1.29 is 19.1 Å². The van der Waals surface area contributed by atoms with Gasteiger partial charge in [-0.2, -0.15) is 0 Å². The molecule has 5 rings (SSSR count). The van der Waals surface area contributed by atoms with Crippen LogP contribution in [0.2, 0.25) is 0 Å². The average molecular weight is 406 g/mol. The molecular formula is C24H26N2O4. The Morgan fingerprint density at radius 1 is 1.13 bits per heavy atom. The van der Waals surface area contributed by atoms with Crippen LogP contribution in [0.4, 0.5) is 5.69 Å². The molecule has 1 saturated carbocycles. The second kappa shape index (κ2) is 6.84. The molecule has 2 heterocycles. The smallest absolute Gasteiger partial charge is 0.237 e. The Balaban J connectivity index is 1.65. The van der Waals surface area contributed by atoms with Crippen LogP contribution in [0, 0.1) is 5.41 Å². The Labute approximate surface area is 176 Å². The molecule has 1 aliphatic carbocycles. The molecule has 0 radical (unpaired) electrons. The maximum absolute atomic E-state index is 13.7. The van der Waals surface area contributed by atoms with E-state index < -0.39 is 16.9 Å². The number of para-hydroxylation sites is 1. The SMILES string of the molecule is COCC1(C(=O)N2CC[C@]3(C(=O)Nc4ccccc43)[C@@H]2c2cccc(OC)c2)CC1. The molecule has 1 saturated heterocycles. The van der Waals surface area contributed by atoms with E-state index in [1.807, 2.05) is 53.4 Å². The summed E-state index contributed by atoms with van der Waals surface area (Å²) in [5, 5.41) is 3.06. The first-order valence-corrected chi connectivity index (χ1v) is 10.4. The summed E-state index contributed by atoms with van der Waals surface area (Å²) in [5.41, 5.74) is 1.46. The Morgan fingerprint density at radius 3 is 2.67 bits per heavy atom. The zero-order valence-electron chi connectivity index (χ0n) is 17.3. The fourth-order valence-electron chi connectivity index (χ4n) is 5.33. The van der Waals surface area contributed by atoms with Gasteiger partial charge in [-0.15, -0.1) is 0 Å². The molecule has 6 heteroatoms. The summed E-state index contributed by atoms with van der Waals surface area (Å²) in [5.74, 6) is 0.765. The predicted molar refractivity (Wildman–Crippen MR) is 112 cm³/mol. The number of nitrogens with zero attached hydrogens (tertiary/aromatic N) is 1. The zero-order valence-corrected chi connectivity index (χ0v) is 17.3. The Kier molecular flexibility index (Phi) is 4.36. The highest BCUT2D eigenvalue weighted by atomic mass is 16.5. The second-order valence-corrected chi connectivity index (χ2v) is 8.61. The number of benzene rings is 2. The highest BCUT2D eigenvalue weighted by Gasteiger charge is 2.62. The monoisotopic (exact) mass is 406 g/mol. The lowest BCUT2D eigenvalue weighted by Gasteiger charge is -2.36. The van der Waals surface area contributed by atoms with Gasteiger partial charge in [0, 0.05) is 19.3 Å². The number of likely N-dealkylation sites (tertiary alicyclic amines) is 1. The lowest BCUT2D eigenvalue weighted by Crippen LogP contribution is -2.45.